The van der Waals surface area contributed by atoms with Crippen LogP contribution in [0.25, 0.3) is 10.9 Å². The summed E-state index contributed by atoms with van der Waals surface area (Å²) in [4.78, 5) is 16.0. The first-order valence-corrected chi connectivity index (χ1v) is 10.2. The molecule has 4 aromatic rings. The van der Waals surface area contributed by atoms with Crippen LogP contribution in [0.15, 0.2) is 60.9 Å². The van der Waals surface area contributed by atoms with Gasteiger partial charge < -0.3 is 9.67 Å². The minimum absolute atomic E-state index is 0.00458. The summed E-state index contributed by atoms with van der Waals surface area (Å²) in [5, 5.41) is 9.90. The Kier molecular flexibility index (Phi) is 4.77. The van der Waals surface area contributed by atoms with Crippen LogP contribution in [-0.4, -0.2) is 20.6 Å². The zero-order valence-electron chi connectivity index (χ0n) is 16.7. The maximum absolute atomic E-state index is 15.3. The van der Waals surface area contributed by atoms with E-state index < -0.39 is 17.6 Å². The predicted molar refractivity (Wildman–Crippen MR) is 113 cm³/mol. The summed E-state index contributed by atoms with van der Waals surface area (Å²) < 4.78 is 32.1. The quantitative estimate of drug-likeness (QED) is 0.448. The second-order valence-corrected chi connectivity index (χ2v) is 8.03. The number of aromatic nitrogens is 2. The molecule has 2 aromatic carbocycles. The standard InChI is InChI=1S/C25H20F2N2O2/c26-21-12-23-18(8-9-29(23)14-15-4-2-1-3-5-15)24(27)19(21)11-22-20(25(30)31)10-17(13-28-22)16-6-7-16/h1-5,8-10,12-13,16H,6-7,11,14H2,(H,30,31). The average Bonchev–Trinajstić information content (AvgIpc) is 3.54. The van der Waals surface area contributed by atoms with Crippen LogP contribution in [-0.2, 0) is 13.0 Å². The van der Waals surface area contributed by atoms with Crippen molar-refractivity contribution in [2.45, 2.75) is 31.7 Å². The summed E-state index contributed by atoms with van der Waals surface area (Å²) >= 11 is 0. The van der Waals surface area contributed by atoms with Crippen molar-refractivity contribution in [1.82, 2.24) is 9.55 Å². The summed E-state index contributed by atoms with van der Waals surface area (Å²) in [5.41, 5.74) is 2.35. The third kappa shape index (κ3) is 3.69. The molecular weight excluding hydrogens is 398 g/mol. The number of fused-ring (bicyclic) bond motifs is 1. The fraction of sp³-hybridized carbons (Fsp3) is 0.200. The van der Waals surface area contributed by atoms with Crippen LogP contribution in [0.4, 0.5) is 8.78 Å². The van der Waals surface area contributed by atoms with Crippen LogP contribution in [0.5, 0.6) is 0 Å². The van der Waals surface area contributed by atoms with Crippen LogP contribution in [0.2, 0.25) is 0 Å². The molecule has 0 bridgehead atoms. The molecule has 0 aliphatic heterocycles. The molecule has 1 aliphatic rings. The number of carbonyl (C=O) groups is 1. The van der Waals surface area contributed by atoms with Crippen molar-refractivity contribution in [3.8, 4) is 0 Å². The molecule has 2 heterocycles. The predicted octanol–water partition coefficient (Wildman–Crippen LogP) is 5.53. The van der Waals surface area contributed by atoms with Gasteiger partial charge in [-0.05, 0) is 48.1 Å². The maximum Gasteiger partial charge on any atom is 0.337 e. The molecule has 1 aliphatic carbocycles. The Bertz CT molecular complexity index is 1290. The van der Waals surface area contributed by atoms with Crippen molar-refractivity contribution in [1.29, 1.82) is 0 Å². The summed E-state index contributed by atoms with van der Waals surface area (Å²) in [6, 6.07) is 14.2. The molecule has 156 valence electrons. The third-order valence-electron chi connectivity index (χ3n) is 5.87. The Morgan fingerprint density at radius 1 is 1.13 bits per heavy atom. The smallest absolute Gasteiger partial charge is 0.337 e. The number of benzene rings is 2. The first-order valence-electron chi connectivity index (χ1n) is 10.2. The summed E-state index contributed by atoms with van der Waals surface area (Å²) in [5.74, 6) is -2.18. The summed E-state index contributed by atoms with van der Waals surface area (Å²) in [6.45, 7) is 0.496. The second kappa shape index (κ2) is 7.61. The largest absolute Gasteiger partial charge is 0.478 e. The van der Waals surface area contributed by atoms with Gasteiger partial charge in [0.1, 0.15) is 11.6 Å². The number of hydrogen-bond donors (Lipinski definition) is 1. The fourth-order valence-electron chi connectivity index (χ4n) is 4.03. The molecule has 1 saturated carbocycles. The molecule has 5 rings (SSSR count). The number of halogens is 2. The fourth-order valence-corrected chi connectivity index (χ4v) is 4.03. The topological polar surface area (TPSA) is 55.1 Å². The van der Waals surface area contributed by atoms with Gasteiger partial charge in [-0.25, -0.2) is 13.6 Å². The van der Waals surface area contributed by atoms with Crippen molar-refractivity contribution < 1.29 is 18.7 Å². The van der Waals surface area contributed by atoms with Crippen molar-refractivity contribution >= 4 is 16.9 Å². The molecular formula is C25H20F2N2O2. The van der Waals surface area contributed by atoms with Gasteiger partial charge in [-0.3, -0.25) is 4.98 Å². The van der Waals surface area contributed by atoms with Gasteiger partial charge in [-0.15, -0.1) is 0 Å². The summed E-state index contributed by atoms with van der Waals surface area (Å²) in [7, 11) is 0. The molecule has 0 amide bonds. The van der Waals surface area contributed by atoms with Gasteiger partial charge in [0.2, 0.25) is 0 Å². The number of aromatic carboxylic acids is 1. The van der Waals surface area contributed by atoms with E-state index >= 15 is 4.39 Å². The molecule has 4 nitrogen and oxygen atoms in total. The minimum Gasteiger partial charge on any atom is -0.478 e. The van der Waals surface area contributed by atoms with Crippen LogP contribution in [0, 0.1) is 11.6 Å². The van der Waals surface area contributed by atoms with E-state index in [2.05, 4.69) is 4.98 Å². The Morgan fingerprint density at radius 3 is 2.61 bits per heavy atom. The first-order chi connectivity index (χ1) is 15.0. The monoisotopic (exact) mass is 418 g/mol. The van der Waals surface area contributed by atoms with Crippen LogP contribution >= 0.6 is 0 Å². The molecule has 0 radical (unpaired) electrons. The molecule has 6 heteroatoms. The molecule has 2 aromatic heterocycles. The highest BCUT2D eigenvalue weighted by Gasteiger charge is 2.26. The Morgan fingerprint density at radius 2 is 1.90 bits per heavy atom. The Balaban J connectivity index is 1.52. The van der Waals surface area contributed by atoms with Gasteiger partial charge in [0.05, 0.1) is 16.8 Å². The number of carboxylic acids is 1. The lowest BCUT2D eigenvalue weighted by Crippen LogP contribution is -2.09. The van der Waals surface area contributed by atoms with Crippen LogP contribution in [0.1, 0.15) is 51.5 Å². The van der Waals surface area contributed by atoms with Crippen molar-refractivity contribution in [3.63, 3.8) is 0 Å². The highest BCUT2D eigenvalue weighted by atomic mass is 19.1. The zero-order valence-corrected chi connectivity index (χ0v) is 16.7. The van der Waals surface area contributed by atoms with Gasteiger partial charge in [-0.1, -0.05) is 30.3 Å². The van der Waals surface area contributed by atoms with E-state index in [1.54, 1.807) is 29.1 Å². The van der Waals surface area contributed by atoms with Crippen LogP contribution < -0.4 is 0 Å². The van der Waals surface area contributed by atoms with E-state index in [0.717, 1.165) is 24.0 Å². The second-order valence-electron chi connectivity index (χ2n) is 8.03. The minimum atomic E-state index is -1.14. The lowest BCUT2D eigenvalue weighted by molar-refractivity contribution is 0.0695. The molecule has 31 heavy (non-hydrogen) atoms. The molecule has 0 saturated heterocycles. The Hall–Kier alpha value is -3.54. The van der Waals surface area contributed by atoms with E-state index in [9.17, 15) is 14.3 Å². The highest BCUT2D eigenvalue weighted by molar-refractivity contribution is 5.89. The van der Waals surface area contributed by atoms with Gasteiger partial charge in [0.15, 0.2) is 0 Å². The molecule has 0 spiro atoms. The maximum atomic E-state index is 15.3. The average molecular weight is 418 g/mol. The normalized spacial score (nSPS) is 13.6. The molecule has 1 N–H and O–H groups in total. The summed E-state index contributed by atoms with van der Waals surface area (Å²) in [6.07, 6.45) is 5.17. The van der Waals surface area contributed by atoms with Gasteiger partial charge in [0, 0.05) is 36.3 Å². The Labute approximate surface area is 177 Å². The first kappa shape index (κ1) is 19.4. The molecule has 1 fully saturated rings. The van der Waals surface area contributed by atoms with Crippen LogP contribution in [0.3, 0.4) is 0 Å². The van der Waals surface area contributed by atoms with E-state index in [1.807, 2.05) is 30.3 Å². The number of hydrogen-bond acceptors (Lipinski definition) is 2. The number of pyridine rings is 1. The lowest BCUT2D eigenvalue weighted by Gasteiger charge is -2.11. The molecule has 0 atom stereocenters. The van der Waals surface area contributed by atoms with Gasteiger partial charge in [0.25, 0.3) is 0 Å². The number of carboxylic acid groups (broad SMARTS) is 1. The SMILES string of the molecule is O=C(O)c1cc(C2CC2)cnc1Cc1c(F)cc2c(ccn2Cc2ccccc2)c1F. The third-order valence-corrected chi connectivity index (χ3v) is 5.87. The van der Waals surface area contributed by atoms with E-state index in [1.165, 1.54) is 6.07 Å². The van der Waals surface area contributed by atoms with Gasteiger partial charge in [-0.2, -0.15) is 0 Å². The zero-order chi connectivity index (χ0) is 21.5. The van der Waals surface area contributed by atoms with Crippen molar-refractivity contribution in [2.24, 2.45) is 0 Å². The lowest BCUT2D eigenvalue weighted by atomic mass is 10.0. The van der Waals surface area contributed by atoms with Crippen molar-refractivity contribution in [3.05, 3.63) is 101 Å². The van der Waals surface area contributed by atoms with E-state index in [4.69, 9.17) is 0 Å². The highest BCUT2D eigenvalue weighted by Crippen LogP contribution is 2.40. The van der Waals surface area contributed by atoms with E-state index in [-0.39, 0.29) is 23.2 Å². The van der Waals surface area contributed by atoms with Gasteiger partial charge >= 0.3 is 5.97 Å². The molecule has 0 unspecified atom stereocenters. The van der Waals surface area contributed by atoms with Crippen molar-refractivity contribution in [2.75, 3.05) is 0 Å². The number of nitrogens with zero attached hydrogens (tertiary/aromatic N) is 2. The van der Waals surface area contributed by atoms with E-state index in [0.29, 0.717) is 23.4 Å². The number of rotatable bonds is 6.